The van der Waals surface area contributed by atoms with E-state index in [-0.39, 0.29) is 5.91 Å². The first-order valence-electron chi connectivity index (χ1n) is 7.05. The third-order valence-electron chi connectivity index (χ3n) is 3.58. The average molecular weight is 308 g/mol. The number of hydrogen-bond acceptors (Lipinski definition) is 4. The van der Waals surface area contributed by atoms with E-state index in [1.807, 2.05) is 25.1 Å². The Hall–Kier alpha value is -3.15. The van der Waals surface area contributed by atoms with E-state index in [1.165, 1.54) is 6.08 Å². The number of fused-ring (bicyclic) bond motifs is 1. The van der Waals surface area contributed by atoms with Crippen LogP contribution in [-0.4, -0.2) is 28.2 Å². The smallest absolute Gasteiger partial charge is 0.247 e. The first kappa shape index (κ1) is 14.8. The van der Waals surface area contributed by atoms with Gasteiger partial charge < -0.3 is 10.1 Å². The van der Waals surface area contributed by atoms with E-state index < -0.39 is 0 Å². The van der Waals surface area contributed by atoms with Gasteiger partial charge in [0.25, 0.3) is 0 Å². The van der Waals surface area contributed by atoms with Crippen molar-refractivity contribution in [2.24, 2.45) is 0 Å². The molecule has 2 heterocycles. The normalized spacial score (nSPS) is 10.5. The summed E-state index contributed by atoms with van der Waals surface area (Å²) in [6.45, 7) is 5.39. The third kappa shape index (κ3) is 2.78. The molecule has 3 rings (SSSR count). The zero-order chi connectivity index (χ0) is 16.4. The quantitative estimate of drug-likeness (QED) is 0.726. The van der Waals surface area contributed by atoms with Gasteiger partial charge in [0.2, 0.25) is 5.91 Å². The summed E-state index contributed by atoms with van der Waals surface area (Å²) in [4.78, 5) is 16.0. The summed E-state index contributed by atoms with van der Waals surface area (Å²) in [5.41, 5.74) is 4.03. The Morgan fingerprint density at radius 1 is 1.39 bits per heavy atom. The molecule has 23 heavy (non-hydrogen) atoms. The molecule has 0 fully saturated rings. The Morgan fingerprint density at radius 3 is 2.96 bits per heavy atom. The molecule has 116 valence electrons. The molecule has 0 atom stereocenters. The van der Waals surface area contributed by atoms with Crippen molar-refractivity contribution in [1.82, 2.24) is 15.2 Å². The molecule has 6 nitrogen and oxygen atoms in total. The average Bonchev–Trinajstić information content (AvgIpc) is 2.95. The number of aromatic amines is 1. The van der Waals surface area contributed by atoms with Gasteiger partial charge in [0.1, 0.15) is 5.75 Å². The Labute approximate surface area is 133 Å². The summed E-state index contributed by atoms with van der Waals surface area (Å²) in [5, 5.41) is 10.9. The monoisotopic (exact) mass is 308 g/mol. The lowest BCUT2D eigenvalue weighted by molar-refractivity contribution is -0.111. The highest BCUT2D eigenvalue weighted by atomic mass is 16.5. The number of methoxy groups -OCH3 is 1. The number of aryl methyl sites for hydroxylation is 1. The van der Waals surface area contributed by atoms with Crippen molar-refractivity contribution >= 4 is 22.5 Å². The third-order valence-corrected chi connectivity index (χ3v) is 3.58. The van der Waals surface area contributed by atoms with Crippen molar-refractivity contribution < 1.29 is 9.53 Å². The van der Waals surface area contributed by atoms with Gasteiger partial charge in [-0.1, -0.05) is 6.58 Å². The number of carbonyl (C=O) groups is 1. The molecular formula is C17H16N4O2. The number of hydrogen-bond donors (Lipinski definition) is 2. The van der Waals surface area contributed by atoms with Crippen molar-refractivity contribution in [2.45, 2.75) is 6.92 Å². The maximum atomic E-state index is 11.6. The van der Waals surface area contributed by atoms with E-state index in [0.717, 1.165) is 27.9 Å². The second-order valence-electron chi connectivity index (χ2n) is 5.03. The molecule has 0 bridgehead atoms. The van der Waals surface area contributed by atoms with E-state index in [9.17, 15) is 4.79 Å². The summed E-state index contributed by atoms with van der Waals surface area (Å²) in [6, 6.07) is 7.48. The number of rotatable bonds is 4. The summed E-state index contributed by atoms with van der Waals surface area (Å²) >= 11 is 0. The molecule has 0 aliphatic rings. The second kappa shape index (κ2) is 5.92. The van der Waals surface area contributed by atoms with Gasteiger partial charge in [0.05, 0.1) is 35.9 Å². The summed E-state index contributed by atoms with van der Waals surface area (Å²) < 4.78 is 5.27. The number of nitrogens with zero attached hydrogens (tertiary/aromatic N) is 2. The molecule has 3 aromatic rings. The van der Waals surface area contributed by atoms with E-state index in [1.54, 1.807) is 19.4 Å². The fourth-order valence-electron chi connectivity index (χ4n) is 2.35. The van der Waals surface area contributed by atoms with Gasteiger partial charge in [-0.2, -0.15) is 5.10 Å². The van der Waals surface area contributed by atoms with Crippen LogP contribution in [0.15, 0.2) is 43.1 Å². The molecule has 1 aromatic carbocycles. The SMILES string of the molecule is C=CC(=O)Nc1cc(-c2cc3c(C)n[nH]c3cn2)ccc1OC. The molecule has 0 aliphatic heterocycles. The van der Waals surface area contributed by atoms with Gasteiger partial charge in [0.15, 0.2) is 0 Å². The van der Waals surface area contributed by atoms with Gasteiger partial charge in [-0.05, 0) is 37.3 Å². The molecule has 2 aromatic heterocycles. The predicted octanol–water partition coefficient (Wildman–Crippen LogP) is 3.07. The lowest BCUT2D eigenvalue weighted by Gasteiger charge is -2.11. The molecule has 0 unspecified atom stereocenters. The molecule has 1 amide bonds. The number of ether oxygens (including phenoxy) is 1. The Balaban J connectivity index is 2.07. The molecular weight excluding hydrogens is 292 g/mol. The van der Waals surface area contributed by atoms with Gasteiger partial charge in [0, 0.05) is 10.9 Å². The first-order chi connectivity index (χ1) is 11.1. The largest absolute Gasteiger partial charge is 0.495 e. The topological polar surface area (TPSA) is 79.9 Å². The minimum Gasteiger partial charge on any atom is -0.495 e. The minimum absolute atomic E-state index is 0.297. The lowest BCUT2D eigenvalue weighted by Crippen LogP contribution is -2.08. The molecule has 2 N–H and O–H groups in total. The van der Waals surface area contributed by atoms with Crippen molar-refractivity contribution in [3.63, 3.8) is 0 Å². The van der Waals surface area contributed by atoms with Gasteiger partial charge >= 0.3 is 0 Å². The highest BCUT2D eigenvalue weighted by molar-refractivity contribution is 6.00. The van der Waals surface area contributed by atoms with Crippen LogP contribution in [0.5, 0.6) is 5.75 Å². The van der Waals surface area contributed by atoms with Crippen molar-refractivity contribution in [1.29, 1.82) is 0 Å². The van der Waals surface area contributed by atoms with Crippen LogP contribution in [0.1, 0.15) is 5.69 Å². The Bertz CT molecular complexity index is 899. The highest BCUT2D eigenvalue weighted by Crippen LogP contribution is 2.31. The molecule has 0 radical (unpaired) electrons. The van der Waals surface area contributed by atoms with E-state index in [0.29, 0.717) is 11.4 Å². The number of anilines is 1. The van der Waals surface area contributed by atoms with Crippen LogP contribution in [0.3, 0.4) is 0 Å². The molecule has 0 aliphatic carbocycles. The van der Waals surface area contributed by atoms with Crippen molar-refractivity contribution in [2.75, 3.05) is 12.4 Å². The molecule has 0 saturated heterocycles. The van der Waals surface area contributed by atoms with E-state index >= 15 is 0 Å². The summed E-state index contributed by atoms with van der Waals surface area (Å²) in [7, 11) is 1.55. The zero-order valence-electron chi connectivity index (χ0n) is 12.9. The summed E-state index contributed by atoms with van der Waals surface area (Å²) in [5.74, 6) is 0.277. The van der Waals surface area contributed by atoms with Gasteiger partial charge in [-0.15, -0.1) is 0 Å². The Morgan fingerprint density at radius 2 is 2.22 bits per heavy atom. The van der Waals surface area contributed by atoms with Crippen LogP contribution in [-0.2, 0) is 4.79 Å². The lowest BCUT2D eigenvalue weighted by atomic mass is 10.1. The zero-order valence-corrected chi connectivity index (χ0v) is 12.9. The predicted molar refractivity (Wildman–Crippen MR) is 89.4 cm³/mol. The minimum atomic E-state index is -0.297. The number of carbonyl (C=O) groups excluding carboxylic acids is 1. The molecule has 6 heteroatoms. The fraction of sp³-hybridized carbons (Fsp3) is 0.118. The highest BCUT2D eigenvalue weighted by Gasteiger charge is 2.10. The van der Waals surface area contributed by atoms with Crippen LogP contribution in [0.4, 0.5) is 5.69 Å². The second-order valence-corrected chi connectivity index (χ2v) is 5.03. The van der Waals surface area contributed by atoms with Crippen molar-refractivity contribution in [3.05, 3.63) is 48.8 Å². The van der Waals surface area contributed by atoms with Crippen LogP contribution in [0.2, 0.25) is 0 Å². The number of amides is 1. The molecule has 0 spiro atoms. The Kier molecular flexibility index (Phi) is 3.80. The summed E-state index contributed by atoms with van der Waals surface area (Å²) in [6.07, 6.45) is 2.96. The number of nitrogens with one attached hydrogen (secondary N) is 2. The van der Waals surface area contributed by atoms with Crippen LogP contribution < -0.4 is 10.1 Å². The number of pyridine rings is 1. The van der Waals surface area contributed by atoms with Crippen LogP contribution in [0, 0.1) is 6.92 Å². The van der Waals surface area contributed by atoms with Crippen LogP contribution >= 0.6 is 0 Å². The number of H-pyrrole nitrogens is 1. The maximum absolute atomic E-state index is 11.6. The fourth-order valence-corrected chi connectivity index (χ4v) is 2.35. The first-order valence-corrected chi connectivity index (χ1v) is 7.05. The number of aromatic nitrogens is 3. The van der Waals surface area contributed by atoms with Crippen LogP contribution in [0.25, 0.3) is 22.2 Å². The number of benzene rings is 1. The van der Waals surface area contributed by atoms with Gasteiger partial charge in [-0.3, -0.25) is 14.9 Å². The van der Waals surface area contributed by atoms with Crippen molar-refractivity contribution in [3.8, 4) is 17.0 Å². The van der Waals surface area contributed by atoms with E-state index in [4.69, 9.17) is 4.74 Å². The van der Waals surface area contributed by atoms with E-state index in [2.05, 4.69) is 27.1 Å². The molecule has 0 saturated carbocycles. The standard InChI is InChI=1S/C17H16N4O2/c1-4-17(22)19-14-7-11(5-6-16(14)23-3)13-8-12-10(2)20-21-15(12)9-18-13/h4-9H,1H2,2-3H3,(H,19,22)(H,20,21). The van der Waals surface area contributed by atoms with Gasteiger partial charge in [-0.25, -0.2) is 0 Å². The maximum Gasteiger partial charge on any atom is 0.247 e.